The summed E-state index contributed by atoms with van der Waals surface area (Å²) in [7, 11) is 0. The summed E-state index contributed by atoms with van der Waals surface area (Å²) in [4.78, 5) is 34.7. The van der Waals surface area contributed by atoms with Crippen LogP contribution >= 0.6 is 0 Å². The van der Waals surface area contributed by atoms with Crippen LogP contribution in [-0.2, 0) is 9.59 Å². The molecule has 22 heavy (non-hydrogen) atoms. The van der Waals surface area contributed by atoms with Gasteiger partial charge in [-0.1, -0.05) is 19.1 Å². The highest BCUT2D eigenvalue weighted by Gasteiger charge is 2.16. The van der Waals surface area contributed by atoms with Crippen molar-refractivity contribution >= 4 is 28.9 Å². The standard InChI is InChI=1S/C16H15NO5/c1-2-12(16(20)21)17-14(18)8-7-10-9-22-13-6-4-3-5-11(13)15(10)19/h3-9,12H,2H2,1H3,(H,17,18)(H,20,21)/b8-7+. The molecule has 0 saturated heterocycles. The van der Waals surface area contributed by atoms with Gasteiger partial charge in [0.1, 0.15) is 17.9 Å². The van der Waals surface area contributed by atoms with E-state index in [0.29, 0.717) is 11.0 Å². The first kappa shape index (κ1) is 15.5. The number of amides is 1. The quantitative estimate of drug-likeness (QED) is 0.821. The normalized spacial score (nSPS) is 12.4. The molecule has 0 radical (unpaired) electrons. The van der Waals surface area contributed by atoms with Gasteiger partial charge in [-0.15, -0.1) is 0 Å². The first-order chi connectivity index (χ1) is 10.5. The monoisotopic (exact) mass is 301 g/mol. The van der Waals surface area contributed by atoms with Crippen molar-refractivity contribution in [3.05, 3.63) is 52.4 Å². The minimum atomic E-state index is -1.10. The molecule has 0 aliphatic rings. The van der Waals surface area contributed by atoms with Crippen LogP contribution in [0.5, 0.6) is 0 Å². The van der Waals surface area contributed by atoms with Crippen LogP contribution in [0, 0.1) is 0 Å². The van der Waals surface area contributed by atoms with Gasteiger partial charge in [-0.3, -0.25) is 9.59 Å². The van der Waals surface area contributed by atoms with E-state index in [1.807, 2.05) is 0 Å². The second kappa shape index (κ2) is 6.71. The fraction of sp³-hybridized carbons (Fsp3) is 0.188. The number of carbonyl (C=O) groups is 2. The number of benzene rings is 1. The summed E-state index contributed by atoms with van der Waals surface area (Å²) in [6.45, 7) is 1.65. The molecule has 0 aliphatic carbocycles. The molecular weight excluding hydrogens is 286 g/mol. The molecule has 2 aromatic rings. The molecule has 0 spiro atoms. The maximum absolute atomic E-state index is 12.2. The van der Waals surface area contributed by atoms with E-state index in [2.05, 4.69) is 5.32 Å². The summed E-state index contributed by atoms with van der Waals surface area (Å²) < 4.78 is 5.32. The highest BCUT2D eigenvalue weighted by Crippen LogP contribution is 2.11. The number of nitrogens with one attached hydrogen (secondary N) is 1. The lowest BCUT2D eigenvalue weighted by atomic mass is 10.1. The summed E-state index contributed by atoms with van der Waals surface area (Å²) in [5.74, 6) is -1.68. The number of carbonyl (C=O) groups excluding carboxylic acids is 1. The number of carboxylic acids is 1. The summed E-state index contributed by atoms with van der Waals surface area (Å²) in [5.41, 5.74) is 0.430. The Morgan fingerprint density at radius 2 is 2.09 bits per heavy atom. The predicted molar refractivity (Wildman–Crippen MR) is 81.4 cm³/mol. The molecular formula is C16H15NO5. The van der Waals surface area contributed by atoms with Crippen LogP contribution in [0.4, 0.5) is 0 Å². The van der Waals surface area contributed by atoms with E-state index in [4.69, 9.17) is 9.52 Å². The SMILES string of the molecule is CCC(NC(=O)/C=C/c1coc2ccccc2c1=O)C(=O)O. The molecule has 1 aromatic carbocycles. The minimum Gasteiger partial charge on any atom is -0.480 e. The predicted octanol–water partition coefficient (Wildman–Crippen LogP) is 1.79. The van der Waals surface area contributed by atoms with Gasteiger partial charge in [-0.25, -0.2) is 4.79 Å². The van der Waals surface area contributed by atoms with Crippen LogP contribution in [0.3, 0.4) is 0 Å². The minimum absolute atomic E-state index is 0.220. The van der Waals surface area contributed by atoms with Gasteiger partial charge in [0.05, 0.1) is 10.9 Å². The summed E-state index contributed by atoms with van der Waals surface area (Å²) in [6, 6.07) is 5.83. The van der Waals surface area contributed by atoms with Gasteiger partial charge in [0.15, 0.2) is 5.43 Å². The van der Waals surface area contributed by atoms with Crippen molar-refractivity contribution < 1.29 is 19.1 Å². The zero-order chi connectivity index (χ0) is 16.1. The Kier molecular flexibility index (Phi) is 4.73. The van der Waals surface area contributed by atoms with Crippen molar-refractivity contribution in [2.75, 3.05) is 0 Å². The van der Waals surface area contributed by atoms with Crippen molar-refractivity contribution in [3.63, 3.8) is 0 Å². The lowest BCUT2D eigenvalue weighted by Gasteiger charge is -2.09. The lowest BCUT2D eigenvalue weighted by molar-refractivity contribution is -0.141. The summed E-state index contributed by atoms with van der Waals surface area (Å²) in [6.07, 6.45) is 3.96. The molecule has 6 nitrogen and oxygen atoms in total. The van der Waals surface area contributed by atoms with E-state index < -0.39 is 17.9 Å². The molecule has 1 heterocycles. The van der Waals surface area contributed by atoms with Crippen LogP contribution in [0.25, 0.3) is 17.0 Å². The molecule has 2 N–H and O–H groups in total. The smallest absolute Gasteiger partial charge is 0.326 e. The van der Waals surface area contributed by atoms with Crippen molar-refractivity contribution in [2.24, 2.45) is 0 Å². The van der Waals surface area contributed by atoms with E-state index in [0.717, 1.165) is 6.08 Å². The largest absolute Gasteiger partial charge is 0.480 e. The van der Waals surface area contributed by atoms with Crippen molar-refractivity contribution in [2.45, 2.75) is 19.4 Å². The second-order valence-electron chi connectivity index (χ2n) is 4.66. The molecule has 0 bridgehead atoms. The molecule has 1 unspecified atom stereocenters. The summed E-state index contributed by atoms with van der Waals surface area (Å²) in [5, 5.41) is 11.6. The molecule has 0 fully saturated rings. The van der Waals surface area contributed by atoms with E-state index >= 15 is 0 Å². The van der Waals surface area contributed by atoms with Gasteiger partial charge in [0.25, 0.3) is 0 Å². The van der Waals surface area contributed by atoms with Gasteiger partial charge in [-0.05, 0) is 24.6 Å². The van der Waals surface area contributed by atoms with E-state index in [-0.39, 0.29) is 17.4 Å². The molecule has 1 atom stereocenters. The maximum atomic E-state index is 12.2. The van der Waals surface area contributed by atoms with Crippen LogP contribution in [0.15, 0.2) is 45.8 Å². The van der Waals surface area contributed by atoms with Gasteiger partial charge in [-0.2, -0.15) is 0 Å². The van der Waals surface area contributed by atoms with Crippen molar-refractivity contribution in [1.82, 2.24) is 5.32 Å². The summed E-state index contributed by atoms with van der Waals surface area (Å²) >= 11 is 0. The number of hydrogen-bond donors (Lipinski definition) is 2. The van der Waals surface area contributed by atoms with Crippen LogP contribution in [0.1, 0.15) is 18.9 Å². The number of carboxylic acid groups (broad SMARTS) is 1. The first-order valence-electron chi connectivity index (χ1n) is 6.75. The third-order valence-electron chi connectivity index (χ3n) is 3.14. The third-order valence-corrected chi connectivity index (χ3v) is 3.14. The molecule has 2 rings (SSSR count). The molecule has 1 amide bonds. The lowest BCUT2D eigenvalue weighted by Crippen LogP contribution is -2.39. The maximum Gasteiger partial charge on any atom is 0.326 e. The topological polar surface area (TPSA) is 96.6 Å². The van der Waals surface area contributed by atoms with E-state index in [1.54, 1.807) is 31.2 Å². The van der Waals surface area contributed by atoms with Crippen LogP contribution in [-0.4, -0.2) is 23.0 Å². The Morgan fingerprint density at radius 3 is 2.77 bits per heavy atom. The highest BCUT2D eigenvalue weighted by atomic mass is 16.4. The Hall–Kier alpha value is -2.89. The van der Waals surface area contributed by atoms with Gasteiger partial charge in [0.2, 0.25) is 5.91 Å². The van der Waals surface area contributed by atoms with Crippen LogP contribution in [0.2, 0.25) is 0 Å². The van der Waals surface area contributed by atoms with Gasteiger partial charge >= 0.3 is 5.97 Å². The fourth-order valence-electron chi connectivity index (χ4n) is 1.93. The van der Waals surface area contributed by atoms with E-state index in [1.165, 1.54) is 12.3 Å². The highest BCUT2D eigenvalue weighted by molar-refractivity contribution is 5.94. The molecule has 0 saturated carbocycles. The zero-order valence-corrected chi connectivity index (χ0v) is 11.9. The molecule has 1 aromatic heterocycles. The average Bonchev–Trinajstić information content (AvgIpc) is 2.52. The van der Waals surface area contributed by atoms with E-state index in [9.17, 15) is 14.4 Å². The second-order valence-corrected chi connectivity index (χ2v) is 4.66. The third kappa shape index (κ3) is 3.41. The van der Waals surface area contributed by atoms with Crippen LogP contribution < -0.4 is 10.7 Å². The number of para-hydroxylation sites is 1. The number of rotatable bonds is 5. The Morgan fingerprint density at radius 1 is 1.36 bits per heavy atom. The number of hydrogen-bond acceptors (Lipinski definition) is 4. The molecule has 6 heteroatoms. The Bertz CT molecular complexity index is 790. The fourth-order valence-corrected chi connectivity index (χ4v) is 1.93. The number of fused-ring (bicyclic) bond motifs is 1. The Labute approximate surface area is 126 Å². The van der Waals surface area contributed by atoms with Crippen molar-refractivity contribution in [3.8, 4) is 0 Å². The average molecular weight is 301 g/mol. The van der Waals surface area contributed by atoms with Gasteiger partial charge < -0.3 is 14.8 Å². The number of aliphatic carboxylic acids is 1. The molecule has 114 valence electrons. The first-order valence-corrected chi connectivity index (χ1v) is 6.75. The zero-order valence-electron chi connectivity index (χ0n) is 11.9. The molecule has 0 aliphatic heterocycles. The Balaban J connectivity index is 2.20. The van der Waals surface area contributed by atoms with Crippen molar-refractivity contribution in [1.29, 1.82) is 0 Å². The van der Waals surface area contributed by atoms with Gasteiger partial charge in [0, 0.05) is 6.08 Å².